The molecule has 1 aromatic carbocycles. The van der Waals surface area contributed by atoms with E-state index in [1.807, 2.05) is 18.2 Å². The summed E-state index contributed by atoms with van der Waals surface area (Å²) in [7, 11) is 0. The molecule has 2 aromatic rings. The maximum Gasteiger partial charge on any atom is 0.0563 e. The molecule has 0 aliphatic heterocycles. The van der Waals surface area contributed by atoms with E-state index in [0.717, 1.165) is 10.0 Å². The summed E-state index contributed by atoms with van der Waals surface area (Å²) < 4.78 is 0.886. The Bertz CT molecular complexity index is 550. The molecule has 0 saturated carbocycles. The van der Waals surface area contributed by atoms with Gasteiger partial charge in [0.25, 0.3) is 0 Å². The Balaban J connectivity index is 2.40. The Kier molecular flexibility index (Phi) is 3.93. The summed E-state index contributed by atoms with van der Waals surface area (Å²) in [6.45, 7) is 4.21. The minimum absolute atomic E-state index is 0.0893. The monoisotopic (exact) mass is 329 g/mol. The van der Waals surface area contributed by atoms with Crippen molar-refractivity contribution in [3.05, 3.63) is 54.6 Å². The van der Waals surface area contributed by atoms with Crippen LogP contribution < -0.4 is 5.73 Å². The number of benzene rings is 1. The van der Waals surface area contributed by atoms with Crippen molar-refractivity contribution in [1.82, 2.24) is 0 Å². The van der Waals surface area contributed by atoms with E-state index in [1.165, 1.54) is 15.3 Å². The van der Waals surface area contributed by atoms with Crippen molar-refractivity contribution < 1.29 is 0 Å². The quantitative estimate of drug-likeness (QED) is 0.838. The number of rotatable bonds is 2. The van der Waals surface area contributed by atoms with E-state index in [4.69, 9.17) is 17.3 Å². The molecule has 0 aliphatic carbocycles. The van der Waals surface area contributed by atoms with E-state index >= 15 is 0 Å². The van der Waals surface area contributed by atoms with Crippen LogP contribution >= 0.6 is 38.9 Å². The van der Waals surface area contributed by atoms with E-state index in [9.17, 15) is 0 Å². The third-order valence-corrected chi connectivity index (χ3v) is 4.91. The lowest BCUT2D eigenvalue weighted by Crippen LogP contribution is -2.11. The normalized spacial score (nSPS) is 12.8. The van der Waals surface area contributed by atoms with Gasteiger partial charge in [0.2, 0.25) is 0 Å². The summed E-state index contributed by atoms with van der Waals surface area (Å²) in [6, 6.07) is 7.90. The Labute approximate surface area is 119 Å². The van der Waals surface area contributed by atoms with Gasteiger partial charge in [-0.15, -0.1) is 11.3 Å². The third-order valence-electron chi connectivity index (χ3n) is 2.72. The standard InChI is InChI=1S/C13H13BrClNS/c1-7-5-10(8(2)17-7)13(16)9-3-4-12(15)11(14)6-9/h3-6,13H,16H2,1-2H3. The van der Waals surface area contributed by atoms with Gasteiger partial charge in [0.05, 0.1) is 11.1 Å². The molecule has 0 spiro atoms. The summed E-state index contributed by atoms with van der Waals surface area (Å²) in [5, 5.41) is 0.708. The van der Waals surface area contributed by atoms with Crippen molar-refractivity contribution in [3.63, 3.8) is 0 Å². The molecule has 1 atom stereocenters. The van der Waals surface area contributed by atoms with Gasteiger partial charge in [0.15, 0.2) is 0 Å². The van der Waals surface area contributed by atoms with Crippen molar-refractivity contribution in [3.8, 4) is 0 Å². The van der Waals surface area contributed by atoms with Crippen LogP contribution in [-0.4, -0.2) is 0 Å². The lowest BCUT2D eigenvalue weighted by atomic mass is 10.0. The minimum atomic E-state index is -0.0893. The molecule has 1 unspecified atom stereocenters. The highest BCUT2D eigenvalue weighted by Crippen LogP contribution is 2.32. The van der Waals surface area contributed by atoms with Crippen LogP contribution in [0, 0.1) is 13.8 Å². The Hall–Kier alpha value is -0.350. The molecule has 1 heterocycles. The van der Waals surface area contributed by atoms with Gasteiger partial charge in [0, 0.05) is 14.2 Å². The second-order valence-corrected chi connectivity index (χ2v) is 6.74. The zero-order valence-electron chi connectivity index (χ0n) is 9.63. The molecule has 2 rings (SSSR count). The fraction of sp³-hybridized carbons (Fsp3) is 0.231. The Morgan fingerprint density at radius 1 is 1.29 bits per heavy atom. The van der Waals surface area contributed by atoms with Gasteiger partial charge < -0.3 is 5.73 Å². The summed E-state index contributed by atoms with van der Waals surface area (Å²) in [4.78, 5) is 2.57. The number of aryl methyl sites for hydroxylation is 2. The van der Waals surface area contributed by atoms with Crippen molar-refractivity contribution in [2.75, 3.05) is 0 Å². The minimum Gasteiger partial charge on any atom is -0.320 e. The average molecular weight is 331 g/mol. The zero-order valence-corrected chi connectivity index (χ0v) is 12.8. The van der Waals surface area contributed by atoms with Crippen LogP contribution in [0.15, 0.2) is 28.7 Å². The first-order chi connectivity index (χ1) is 7.99. The van der Waals surface area contributed by atoms with Gasteiger partial charge in [0.1, 0.15) is 0 Å². The van der Waals surface area contributed by atoms with E-state index < -0.39 is 0 Å². The molecule has 0 amide bonds. The molecule has 4 heteroatoms. The van der Waals surface area contributed by atoms with Crippen LogP contribution in [0.4, 0.5) is 0 Å². The van der Waals surface area contributed by atoms with Crippen LogP contribution in [-0.2, 0) is 0 Å². The first-order valence-corrected chi connectivity index (χ1v) is 7.25. The van der Waals surface area contributed by atoms with Gasteiger partial charge in [-0.2, -0.15) is 0 Å². The maximum atomic E-state index is 6.29. The maximum absolute atomic E-state index is 6.29. The van der Waals surface area contributed by atoms with Crippen LogP contribution in [0.25, 0.3) is 0 Å². The van der Waals surface area contributed by atoms with Crippen LogP contribution in [0.3, 0.4) is 0 Å². The third kappa shape index (κ3) is 2.74. The molecule has 1 aromatic heterocycles. The lowest BCUT2D eigenvalue weighted by molar-refractivity contribution is 0.868. The molecule has 90 valence electrons. The average Bonchev–Trinajstić information content (AvgIpc) is 2.61. The Morgan fingerprint density at radius 2 is 2.00 bits per heavy atom. The van der Waals surface area contributed by atoms with E-state index in [0.29, 0.717) is 5.02 Å². The number of nitrogens with two attached hydrogens (primary N) is 1. The zero-order chi connectivity index (χ0) is 12.6. The van der Waals surface area contributed by atoms with Crippen molar-refractivity contribution in [1.29, 1.82) is 0 Å². The topological polar surface area (TPSA) is 26.0 Å². The van der Waals surface area contributed by atoms with Crippen LogP contribution in [0.2, 0.25) is 5.02 Å². The van der Waals surface area contributed by atoms with Gasteiger partial charge in [-0.1, -0.05) is 17.7 Å². The predicted molar refractivity (Wildman–Crippen MR) is 79.0 cm³/mol. The van der Waals surface area contributed by atoms with E-state index in [1.54, 1.807) is 11.3 Å². The summed E-state index contributed by atoms with van der Waals surface area (Å²) in [6.07, 6.45) is 0. The first-order valence-electron chi connectivity index (χ1n) is 5.26. The molecule has 0 saturated heterocycles. The number of thiophene rings is 1. The second kappa shape index (κ2) is 5.11. The Morgan fingerprint density at radius 3 is 2.53 bits per heavy atom. The molecule has 0 fully saturated rings. The molecule has 0 aliphatic rings. The van der Waals surface area contributed by atoms with Crippen LogP contribution in [0.1, 0.15) is 26.9 Å². The van der Waals surface area contributed by atoms with Crippen LogP contribution in [0.5, 0.6) is 0 Å². The van der Waals surface area contributed by atoms with Gasteiger partial charge in [-0.25, -0.2) is 0 Å². The van der Waals surface area contributed by atoms with Crippen molar-refractivity contribution in [2.24, 2.45) is 5.73 Å². The molecule has 0 bridgehead atoms. The fourth-order valence-electron chi connectivity index (χ4n) is 1.84. The second-order valence-electron chi connectivity index (χ2n) is 4.02. The van der Waals surface area contributed by atoms with E-state index in [-0.39, 0.29) is 6.04 Å². The highest BCUT2D eigenvalue weighted by Gasteiger charge is 2.14. The molecular formula is C13H13BrClNS. The number of hydrogen-bond donors (Lipinski definition) is 1. The molecule has 1 nitrogen and oxygen atoms in total. The predicted octanol–water partition coefficient (Wildman–Crippen LogP) is 4.83. The first kappa shape index (κ1) is 13.1. The molecular weight excluding hydrogens is 318 g/mol. The van der Waals surface area contributed by atoms with Gasteiger partial charge in [-0.3, -0.25) is 0 Å². The van der Waals surface area contributed by atoms with Gasteiger partial charge in [-0.05, 0) is 59.1 Å². The summed E-state index contributed by atoms with van der Waals surface area (Å²) >= 11 is 11.2. The summed E-state index contributed by atoms with van der Waals surface area (Å²) in [5.74, 6) is 0. The number of halogens is 2. The van der Waals surface area contributed by atoms with Crippen molar-refractivity contribution >= 4 is 38.9 Å². The summed E-state index contributed by atoms with van der Waals surface area (Å²) in [5.41, 5.74) is 8.56. The van der Waals surface area contributed by atoms with E-state index in [2.05, 4.69) is 35.8 Å². The van der Waals surface area contributed by atoms with Crippen molar-refractivity contribution in [2.45, 2.75) is 19.9 Å². The lowest BCUT2D eigenvalue weighted by Gasteiger charge is -2.13. The molecule has 2 N–H and O–H groups in total. The van der Waals surface area contributed by atoms with Gasteiger partial charge >= 0.3 is 0 Å². The smallest absolute Gasteiger partial charge is 0.0563 e. The SMILES string of the molecule is Cc1cc(C(N)c2ccc(Cl)c(Br)c2)c(C)s1. The molecule has 17 heavy (non-hydrogen) atoms. The molecule has 0 radical (unpaired) electrons. The fourth-order valence-corrected chi connectivity index (χ4v) is 3.33. The largest absolute Gasteiger partial charge is 0.320 e. The highest BCUT2D eigenvalue weighted by molar-refractivity contribution is 9.10. The number of hydrogen-bond acceptors (Lipinski definition) is 2. The highest BCUT2D eigenvalue weighted by atomic mass is 79.9.